The van der Waals surface area contributed by atoms with Crippen LogP contribution < -0.4 is 0 Å². The van der Waals surface area contributed by atoms with E-state index in [2.05, 4.69) is 4.98 Å². The summed E-state index contributed by atoms with van der Waals surface area (Å²) < 4.78 is 13.4. The molecule has 0 atom stereocenters. The van der Waals surface area contributed by atoms with Gasteiger partial charge in [0.05, 0.1) is 0 Å². The van der Waals surface area contributed by atoms with Crippen LogP contribution in [0.5, 0.6) is 0 Å². The maximum Gasteiger partial charge on any atom is 0.131 e. The summed E-state index contributed by atoms with van der Waals surface area (Å²) in [4.78, 5) is 3.80. The maximum atomic E-state index is 13.4. The summed E-state index contributed by atoms with van der Waals surface area (Å²) in [6.07, 6.45) is 0. The molecule has 1 heterocycles. The Bertz CT molecular complexity index is 479. The van der Waals surface area contributed by atoms with Crippen LogP contribution in [0.1, 0.15) is 0 Å². The minimum Gasteiger partial charge on any atom is -0.224 e. The lowest BCUT2D eigenvalue weighted by Crippen LogP contribution is -1.85. The van der Waals surface area contributed by atoms with Crippen LogP contribution in [0.3, 0.4) is 0 Å². The third-order valence-electron chi connectivity index (χ3n) is 1.95. The van der Waals surface area contributed by atoms with Gasteiger partial charge in [-0.2, -0.15) is 0 Å². The van der Waals surface area contributed by atoms with Crippen molar-refractivity contribution in [3.63, 3.8) is 0 Å². The standard InChI is InChI=1S/C11H6Cl2FN/c12-10-5-7(6-11(13)15-10)8-3-1-2-4-9(8)14/h1-6H. The van der Waals surface area contributed by atoms with E-state index >= 15 is 0 Å². The third-order valence-corrected chi connectivity index (χ3v) is 2.33. The van der Waals surface area contributed by atoms with Crippen molar-refractivity contribution in [3.05, 3.63) is 52.5 Å². The monoisotopic (exact) mass is 241 g/mol. The van der Waals surface area contributed by atoms with Crippen LogP contribution in [0.15, 0.2) is 36.4 Å². The first-order chi connectivity index (χ1) is 7.16. The van der Waals surface area contributed by atoms with E-state index in [0.717, 1.165) is 0 Å². The summed E-state index contributed by atoms with van der Waals surface area (Å²) in [5.74, 6) is -0.309. The fourth-order valence-corrected chi connectivity index (χ4v) is 1.78. The molecule has 1 aromatic carbocycles. The van der Waals surface area contributed by atoms with Crippen molar-refractivity contribution in [3.8, 4) is 11.1 Å². The molecule has 2 rings (SSSR count). The van der Waals surface area contributed by atoms with Gasteiger partial charge in [-0.15, -0.1) is 0 Å². The highest BCUT2D eigenvalue weighted by Gasteiger charge is 2.06. The molecule has 4 heteroatoms. The van der Waals surface area contributed by atoms with Crippen LogP contribution in [0.25, 0.3) is 11.1 Å². The topological polar surface area (TPSA) is 12.9 Å². The van der Waals surface area contributed by atoms with Crippen molar-refractivity contribution >= 4 is 23.2 Å². The summed E-state index contributed by atoms with van der Waals surface area (Å²) in [7, 11) is 0. The summed E-state index contributed by atoms with van der Waals surface area (Å²) in [6, 6.07) is 9.58. The van der Waals surface area contributed by atoms with Crippen molar-refractivity contribution in [2.24, 2.45) is 0 Å². The third kappa shape index (κ3) is 2.28. The number of hydrogen-bond donors (Lipinski definition) is 0. The van der Waals surface area contributed by atoms with E-state index in [4.69, 9.17) is 23.2 Å². The molecule has 0 amide bonds. The lowest BCUT2D eigenvalue weighted by Gasteiger charge is -2.03. The quantitative estimate of drug-likeness (QED) is 0.683. The number of aromatic nitrogens is 1. The van der Waals surface area contributed by atoms with Crippen LogP contribution in [-0.2, 0) is 0 Å². The van der Waals surface area contributed by atoms with Gasteiger partial charge in [0.1, 0.15) is 16.1 Å². The van der Waals surface area contributed by atoms with Crippen LogP contribution in [0.4, 0.5) is 4.39 Å². The Morgan fingerprint density at radius 3 is 2.20 bits per heavy atom. The molecule has 1 aromatic heterocycles. The molecule has 0 bridgehead atoms. The number of pyridine rings is 1. The molecule has 0 aliphatic heterocycles. The van der Waals surface area contributed by atoms with Gasteiger partial charge in [-0.25, -0.2) is 9.37 Å². The van der Waals surface area contributed by atoms with E-state index in [9.17, 15) is 4.39 Å². The maximum absolute atomic E-state index is 13.4. The molecule has 0 aliphatic carbocycles. The molecule has 0 fully saturated rings. The Morgan fingerprint density at radius 2 is 1.60 bits per heavy atom. The molecule has 15 heavy (non-hydrogen) atoms. The van der Waals surface area contributed by atoms with E-state index in [-0.39, 0.29) is 16.1 Å². The average Bonchev–Trinajstić information content (AvgIpc) is 2.16. The van der Waals surface area contributed by atoms with Crippen LogP contribution in [0, 0.1) is 5.82 Å². The van der Waals surface area contributed by atoms with Crippen molar-refractivity contribution in [1.82, 2.24) is 4.98 Å². The summed E-state index contributed by atoms with van der Waals surface area (Å²) >= 11 is 11.5. The zero-order valence-corrected chi connectivity index (χ0v) is 9.06. The van der Waals surface area contributed by atoms with Crippen molar-refractivity contribution in [2.75, 3.05) is 0 Å². The second-order valence-electron chi connectivity index (χ2n) is 2.98. The molecule has 0 aliphatic rings. The van der Waals surface area contributed by atoms with Gasteiger partial charge in [-0.1, -0.05) is 41.4 Å². The lowest BCUT2D eigenvalue weighted by atomic mass is 10.1. The fourth-order valence-electron chi connectivity index (χ4n) is 1.32. The first-order valence-corrected chi connectivity index (χ1v) is 5.00. The number of nitrogens with zero attached hydrogens (tertiary/aromatic N) is 1. The Morgan fingerprint density at radius 1 is 1.00 bits per heavy atom. The summed E-state index contributed by atoms with van der Waals surface area (Å²) in [6.45, 7) is 0. The van der Waals surface area contributed by atoms with Gasteiger partial charge in [-0.05, 0) is 23.8 Å². The van der Waals surface area contributed by atoms with E-state index in [1.807, 2.05) is 0 Å². The van der Waals surface area contributed by atoms with Gasteiger partial charge in [0.15, 0.2) is 0 Å². The number of halogens is 3. The smallest absolute Gasteiger partial charge is 0.131 e. The second-order valence-corrected chi connectivity index (χ2v) is 3.76. The molecule has 0 unspecified atom stereocenters. The van der Waals surface area contributed by atoms with Gasteiger partial charge in [0.25, 0.3) is 0 Å². The van der Waals surface area contributed by atoms with E-state index in [0.29, 0.717) is 11.1 Å². The Labute approximate surface area is 96.5 Å². The highest BCUT2D eigenvalue weighted by molar-refractivity contribution is 6.32. The molecule has 0 N–H and O–H groups in total. The minimum atomic E-state index is -0.309. The van der Waals surface area contributed by atoms with Crippen LogP contribution in [0.2, 0.25) is 10.3 Å². The van der Waals surface area contributed by atoms with E-state index < -0.39 is 0 Å². The zero-order chi connectivity index (χ0) is 10.8. The number of hydrogen-bond acceptors (Lipinski definition) is 1. The normalized spacial score (nSPS) is 10.3. The number of benzene rings is 1. The van der Waals surface area contributed by atoms with Gasteiger partial charge >= 0.3 is 0 Å². The largest absolute Gasteiger partial charge is 0.224 e. The van der Waals surface area contributed by atoms with E-state index in [1.165, 1.54) is 6.07 Å². The van der Waals surface area contributed by atoms with Crippen LogP contribution >= 0.6 is 23.2 Å². The molecule has 0 spiro atoms. The number of rotatable bonds is 1. The fraction of sp³-hybridized carbons (Fsp3) is 0. The van der Waals surface area contributed by atoms with Crippen molar-refractivity contribution in [2.45, 2.75) is 0 Å². The minimum absolute atomic E-state index is 0.251. The molecule has 0 radical (unpaired) electrons. The summed E-state index contributed by atoms with van der Waals surface area (Å²) in [5.41, 5.74) is 1.09. The van der Waals surface area contributed by atoms with Crippen molar-refractivity contribution < 1.29 is 4.39 Å². The first kappa shape index (κ1) is 10.4. The Kier molecular flexibility index (Phi) is 2.89. The van der Waals surface area contributed by atoms with Crippen molar-refractivity contribution in [1.29, 1.82) is 0 Å². The lowest BCUT2D eigenvalue weighted by molar-refractivity contribution is 0.631. The molecule has 0 saturated carbocycles. The van der Waals surface area contributed by atoms with Gasteiger partial charge < -0.3 is 0 Å². The van der Waals surface area contributed by atoms with Crippen LogP contribution in [-0.4, -0.2) is 4.98 Å². The second kappa shape index (κ2) is 4.17. The molecule has 2 aromatic rings. The average molecular weight is 242 g/mol. The first-order valence-electron chi connectivity index (χ1n) is 4.25. The predicted octanol–water partition coefficient (Wildman–Crippen LogP) is 4.19. The molecular formula is C11H6Cl2FN. The van der Waals surface area contributed by atoms with Gasteiger partial charge in [0.2, 0.25) is 0 Å². The van der Waals surface area contributed by atoms with E-state index in [1.54, 1.807) is 30.3 Å². The SMILES string of the molecule is Fc1ccccc1-c1cc(Cl)nc(Cl)c1. The molecule has 76 valence electrons. The van der Waals surface area contributed by atoms with Gasteiger partial charge in [-0.3, -0.25) is 0 Å². The highest BCUT2D eigenvalue weighted by Crippen LogP contribution is 2.26. The Balaban J connectivity index is 2.59. The summed E-state index contributed by atoms with van der Waals surface area (Å²) in [5, 5.41) is 0.501. The molecular weight excluding hydrogens is 236 g/mol. The zero-order valence-electron chi connectivity index (χ0n) is 7.55. The van der Waals surface area contributed by atoms with Gasteiger partial charge in [0, 0.05) is 5.56 Å². The molecule has 1 nitrogen and oxygen atoms in total. The Hall–Kier alpha value is -1.12. The molecule has 0 saturated heterocycles. The predicted molar refractivity (Wildman–Crippen MR) is 59.7 cm³/mol. The highest BCUT2D eigenvalue weighted by atomic mass is 35.5.